The number of aromatic amines is 1. The molecule has 0 bridgehead atoms. The molecule has 1 unspecified atom stereocenters. The van der Waals surface area contributed by atoms with E-state index in [0.29, 0.717) is 12.8 Å². The molecule has 3 N–H and O–H groups in total. The van der Waals surface area contributed by atoms with Crippen LogP contribution >= 0.6 is 0 Å². The maximum absolute atomic E-state index is 11.3. The topological polar surface area (TPSA) is 68.1 Å². The first-order valence-electron chi connectivity index (χ1n) is 6.05. The average molecular weight is 246 g/mol. The van der Waals surface area contributed by atoms with Crippen molar-refractivity contribution in [1.82, 2.24) is 4.98 Å². The van der Waals surface area contributed by atoms with Gasteiger partial charge >= 0.3 is 5.97 Å². The number of aryl methyl sites for hydroxylation is 1. The predicted octanol–water partition coefficient (Wildman–Crippen LogP) is 2.29. The van der Waals surface area contributed by atoms with Crippen molar-refractivity contribution in [2.75, 3.05) is 7.11 Å². The fourth-order valence-electron chi connectivity index (χ4n) is 2.21. The van der Waals surface area contributed by atoms with E-state index in [4.69, 9.17) is 5.73 Å². The van der Waals surface area contributed by atoms with E-state index in [1.807, 2.05) is 31.2 Å². The number of rotatable bonds is 4. The van der Waals surface area contributed by atoms with Crippen molar-refractivity contribution in [2.45, 2.75) is 25.8 Å². The number of aromatic nitrogens is 1. The fourth-order valence-corrected chi connectivity index (χ4v) is 2.21. The van der Waals surface area contributed by atoms with E-state index in [9.17, 15) is 4.79 Å². The van der Waals surface area contributed by atoms with Crippen LogP contribution < -0.4 is 5.73 Å². The molecule has 0 aliphatic heterocycles. The van der Waals surface area contributed by atoms with Crippen molar-refractivity contribution in [3.8, 4) is 0 Å². The lowest BCUT2D eigenvalue weighted by Gasteiger charge is -2.07. The summed E-state index contributed by atoms with van der Waals surface area (Å²) in [6.07, 6.45) is 1.02. The summed E-state index contributed by atoms with van der Waals surface area (Å²) in [6.45, 7) is 1.94. The van der Waals surface area contributed by atoms with Crippen LogP contribution in [0, 0.1) is 0 Å². The van der Waals surface area contributed by atoms with E-state index in [1.54, 1.807) is 0 Å². The van der Waals surface area contributed by atoms with E-state index in [1.165, 1.54) is 7.11 Å². The van der Waals surface area contributed by atoms with Crippen molar-refractivity contribution in [3.63, 3.8) is 0 Å². The highest BCUT2D eigenvalue weighted by atomic mass is 16.5. The summed E-state index contributed by atoms with van der Waals surface area (Å²) >= 11 is 0. The first kappa shape index (κ1) is 12.6. The molecule has 4 heteroatoms. The number of esters is 1. The maximum atomic E-state index is 11.3. The molecule has 0 amide bonds. The number of fused-ring (bicyclic) bond motifs is 1. The number of methoxy groups -OCH3 is 1. The van der Waals surface area contributed by atoms with Gasteiger partial charge in [-0.1, -0.05) is 18.2 Å². The van der Waals surface area contributed by atoms with Gasteiger partial charge in [0.2, 0.25) is 0 Å². The van der Waals surface area contributed by atoms with Crippen molar-refractivity contribution in [1.29, 1.82) is 0 Å². The van der Waals surface area contributed by atoms with Gasteiger partial charge in [-0.3, -0.25) is 4.79 Å². The highest BCUT2D eigenvalue weighted by Gasteiger charge is 2.15. The normalized spacial score (nSPS) is 12.6. The van der Waals surface area contributed by atoms with Gasteiger partial charge in [-0.05, 0) is 25.0 Å². The van der Waals surface area contributed by atoms with E-state index < -0.39 is 0 Å². The van der Waals surface area contributed by atoms with Gasteiger partial charge in [0.05, 0.1) is 7.11 Å². The Morgan fingerprint density at radius 2 is 2.17 bits per heavy atom. The zero-order chi connectivity index (χ0) is 13.1. The highest BCUT2D eigenvalue weighted by molar-refractivity contribution is 5.85. The summed E-state index contributed by atoms with van der Waals surface area (Å²) in [5, 5.41) is 1.13. The number of ether oxygens (including phenoxy) is 1. The lowest BCUT2D eigenvalue weighted by molar-refractivity contribution is -0.140. The second-order valence-electron chi connectivity index (χ2n) is 4.43. The lowest BCUT2D eigenvalue weighted by Crippen LogP contribution is -2.09. The standard InChI is InChI=1S/C14H18N2O2/c1-9(15)14-11(7-8-13(17)18-2)10-5-3-4-6-12(10)16-14/h3-6,9,16H,7-8,15H2,1-2H3. The zero-order valence-electron chi connectivity index (χ0n) is 10.7. The van der Waals surface area contributed by atoms with Crippen molar-refractivity contribution >= 4 is 16.9 Å². The van der Waals surface area contributed by atoms with Crippen LogP contribution in [0.2, 0.25) is 0 Å². The van der Waals surface area contributed by atoms with Crippen LogP contribution in [-0.4, -0.2) is 18.1 Å². The lowest BCUT2D eigenvalue weighted by atomic mass is 10.0. The quantitative estimate of drug-likeness (QED) is 0.813. The van der Waals surface area contributed by atoms with Gasteiger partial charge in [-0.2, -0.15) is 0 Å². The van der Waals surface area contributed by atoms with Crippen LogP contribution in [0.4, 0.5) is 0 Å². The third kappa shape index (κ3) is 2.38. The molecule has 1 atom stereocenters. The predicted molar refractivity (Wildman–Crippen MR) is 71.2 cm³/mol. The van der Waals surface area contributed by atoms with Crippen molar-refractivity contribution < 1.29 is 9.53 Å². The van der Waals surface area contributed by atoms with Gasteiger partial charge in [0.1, 0.15) is 0 Å². The summed E-state index contributed by atoms with van der Waals surface area (Å²) in [7, 11) is 1.41. The molecular formula is C14H18N2O2. The molecule has 2 aromatic rings. The number of carbonyl (C=O) groups excluding carboxylic acids is 1. The van der Waals surface area contributed by atoms with Crippen LogP contribution in [0.15, 0.2) is 24.3 Å². The summed E-state index contributed by atoms with van der Waals surface area (Å²) in [6, 6.07) is 7.95. The molecule has 4 nitrogen and oxygen atoms in total. The molecule has 1 aromatic carbocycles. The van der Waals surface area contributed by atoms with Gasteiger partial charge in [-0.25, -0.2) is 0 Å². The molecule has 1 heterocycles. The molecule has 96 valence electrons. The Balaban J connectivity index is 2.39. The van der Waals surface area contributed by atoms with Gasteiger partial charge < -0.3 is 15.5 Å². The van der Waals surface area contributed by atoms with Crippen molar-refractivity contribution in [3.05, 3.63) is 35.5 Å². The molecule has 2 rings (SSSR count). The van der Waals surface area contributed by atoms with Crippen LogP contribution in [0.25, 0.3) is 10.9 Å². The number of H-pyrrole nitrogens is 1. The third-order valence-electron chi connectivity index (χ3n) is 3.11. The number of carbonyl (C=O) groups is 1. The molecule has 18 heavy (non-hydrogen) atoms. The number of nitrogens with one attached hydrogen (secondary N) is 1. The number of hydrogen-bond donors (Lipinski definition) is 2. The average Bonchev–Trinajstić information content (AvgIpc) is 2.75. The van der Waals surface area contributed by atoms with E-state index in [0.717, 1.165) is 22.2 Å². The largest absolute Gasteiger partial charge is 0.469 e. The SMILES string of the molecule is COC(=O)CCc1c(C(C)N)[nH]c2ccccc12. The molecule has 0 radical (unpaired) electrons. The molecule has 0 fully saturated rings. The Hall–Kier alpha value is -1.81. The Morgan fingerprint density at radius 3 is 2.83 bits per heavy atom. The number of hydrogen-bond acceptors (Lipinski definition) is 3. The van der Waals surface area contributed by atoms with Gasteiger partial charge in [-0.15, -0.1) is 0 Å². The minimum atomic E-state index is -0.198. The van der Waals surface area contributed by atoms with E-state index in [-0.39, 0.29) is 12.0 Å². The monoisotopic (exact) mass is 246 g/mol. The second kappa shape index (κ2) is 5.23. The molecule has 0 saturated heterocycles. The van der Waals surface area contributed by atoms with Gasteiger partial charge in [0.15, 0.2) is 0 Å². The highest BCUT2D eigenvalue weighted by Crippen LogP contribution is 2.26. The van der Waals surface area contributed by atoms with Gasteiger partial charge in [0, 0.05) is 29.1 Å². The van der Waals surface area contributed by atoms with Crippen LogP contribution in [0.3, 0.4) is 0 Å². The number of benzene rings is 1. The third-order valence-corrected chi connectivity index (χ3v) is 3.11. The molecule has 0 spiro atoms. The Morgan fingerprint density at radius 1 is 1.44 bits per heavy atom. The number of nitrogens with two attached hydrogens (primary N) is 1. The minimum Gasteiger partial charge on any atom is -0.469 e. The molecule has 1 aromatic heterocycles. The molecule has 0 aliphatic rings. The van der Waals surface area contributed by atoms with E-state index >= 15 is 0 Å². The minimum absolute atomic E-state index is 0.0787. The summed E-state index contributed by atoms with van der Waals surface area (Å²) < 4.78 is 4.68. The van der Waals surface area contributed by atoms with Gasteiger partial charge in [0.25, 0.3) is 0 Å². The summed E-state index contributed by atoms with van der Waals surface area (Å²) in [5.74, 6) is -0.198. The molecular weight excluding hydrogens is 228 g/mol. The van der Waals surface area contributed by atoms with Crippen LogP contribution in [0.5, 0.6) is 0 Å². The smallest absolute Gasteiger partial charge is 0.305 e. The summed E-state index contributed by atoms with van der Waals surface area (Å²) in [5.41, 5.74) is 9.15. The summed E-state index contributed by atoms with van der Waals surface area (Å²) in [4.78, 5) is 14.6. The fraction of sp³-hybridized carbons (Fsp3) is 0.357. The Kier molecular flexibility index (Phi) is 3.67. The zero-order valence-corrected chi connectivity index (χ0v) is 10.7. The van der Waals surface area contributed by atoms with Crippen molar-refractivity contribution in [2.24, 2.45) is 5.73 Å². The maximum Gasteiger partial charge on any atom is 0.305 e. The Labute approximate surface area is 106 Å². The second-order valence-corrected chi connectivity index (χ2v) is 4.43. The van der Waals surface area contributed by atoms with Crippen LogP contribution in [-0.2, 0) is 16.0 Å². The number of para-hydroxylation sites is 1. The first-order valence-corrected chi connectivity index (χ1v) is 6.05. The molecule has 0 aliphatic carbocycles. The Bertz CT molecular complexity index is 558. The van der Waals surface area contributed by atoms with E-state index in [2.05, 4.69) is 9.72 Å². The first-order chi connectivity index (χ1) is 8.63. The molecule has 0 saturated carbocycles. The van der Waals surface area contributed by atoms with Crippen LogP contribution in [0.1, 0.15) is 30.6 Å².